The Morgan fingerprint density at radius 2 is 1.75 bits per heavy atom. The number of carbonyl (C=O) groups is 2. The molecular formula is C16H22O4. The van der Waals surface area contributed by atoms with Crippen molar-refractivity contribution in [1.29, 1.82) is 0 Å². The van der Waals surface area contributed by atoms with Crippen LogP contribution in [0.1, 0.15) is 44.9 Å². The normalized spacial score (nSPS) is 49.2. The van der Waals surface area contributed by atoms with Gasteiger partial charge in [0.2, 0.25) is 0 Å². The third-order valence-electron chi connectivity index (χ3n) is 6.40. The van der Waals surface area contributed by atoms with Gasteiger partial charge in [0, 0.05) is 0 Å². The van der Waals surface area contributed by atoms with E-state index in [2.05, 4.69) is 0 Å². The van der Waals surface area contributed by atoms with Crippen LogP contribution >= 0.6 is 0 Å². The van der Waals surface area contributed by atoms with Gasteiger partial charge in [-0.05, 0) is 68.6 Å². The maximum atomic E-state index is 12.3. The Morgan fingerprint density at radius 1 is 1.15 bits per heavy atom. The first-order chi connectivity index (χ1) is 9.62. The van der Waals surface area contributed by atoms with Crippen molar-refractivity contribution in [3.8, 4) is 0 Å². The van der Waals surface area contributed by atoms with Crippen molar-refractivity contribution in [2.45, 2.75) is 50.5 Å². The molecule has 5 rings (SSSR count). The van der Waals surface area contributed by atoms with Crippen molar-refractivity contribution in [2.24, 2.45) is 29.6 Å². The monoisotopic (exact) mass is 278 g/mol. The maximum Gasteiger partial charge on any atom is 0.320 e. The second-order valence-electron chi connectivity index (χ2n) is 7.29. The first-order valence-electron chi connectivity index (χ1n) is 7.93. The lowest BCUT2D eigenvalue weighted by Gasteiger charge is -2.61. The van der Waals surface area contributed by atoms with Crippen LogP contribution in [0.3, 0.4) is 0 Å². The second kappa shape index (κ2) is 4.22. The van der Waals surface area contributed by atoms with E-state index in [1.807, 2.05) is 0 Å². The van der Waals surface area contributed by atoms with Crippen LogP contribution in [0.4, 0.5) is 0 Å². The number of esters is 2. The quantitative estimate of drug-likeness (QED) is 0.545. The highest BCUT2D eigenvalue weighted by molar-refractivity contribution is 5.95. The summed E-state index contributed by atoms with van der Waals surface area (Å²) in [5, 5.41) is 0. The molecule has 4 heteroatoms. The first-order valence-corrected chi connectivity index (χ1v) is 7.93. The summed E-state index contributed by atoms with van der Waals surface area (Å²) < 4.78 is 10.7. The molecule has 0 radical (unpaired) electrons. The van der Waals surface area contributed by atoms with Crippen LogP contribution in [0.25, 0.3) is 0 Å². The van der Waals surface area contributed by atoms with Gasteiger partial charge in [0.1, 0.15) is 5.60 Å². The van der Waals surface area contributed by atoms with Crippen molar-refractivity contribution in [3.63, 3.8) is 0 Å². The summed E-state index contributed by atoms with van der Waals surface area (Å²) in [5.41, 5.74) is -0.241. The average molecular weight is 278 g/mol. The Balaban J connectivity index is 1.58. The molecule has 0 aromatic heterocycles. The summed E-state index contributed by atoms with van der Waals surface area (Å²) in [7, 11) is 1.34. The second-order valence-corrected chi connectivity index (χ2v) is 7.29. The fourth-order valence-corrected chi connectivity index (χ4v) is 5.71. The minimum atomic E-state index is -0.692. The zero-order valence-corrected chi connectivity index (χ0v) is 12.0. The van der Waals surface area contributed by atoms with Crippen LogP contribution in [-0.4, -0.2) is 24.6 Å². The number of ether oxygens (including phenoxy) is 2. The van der Waals surface area contributed by atoms with Gasteiger partial charge in [0.25, 0.3) is 0 Å². The molecule has 0 amide bonds. The molecule has 0 N–H and O–H groups in total. The van der Waals surface area contributed by atoms with Gasteiger partial charge in [0.15, 0.2) is 5.92 Å². The first kappa shape index (κ1) is 12.7. The van der Waals surface area contributed by atoms with Crippen LogP contribution in [-0.2, 0) is 19.1 Å². The summed E-state index contributed by atoms with van der Waals surface area (Å²) in [6.07, 6.45) is 7.75. The Kier molecular flexibility index (Phi) is 2.67. The van der Waals surface area contributed by atoms with Crippen LogP contribution in [0, 0.1) is 29.6 Å². The molecule has 4 saturated carbocycles. The Hall–Kier alpha value is -1.06. The topological polar surface area (TPSA) is 52.6 Å². The molecule has 0 aromatic carbocycles. The lowest BCUT2D eigenvalue weighted by Crippen LogP contribution is -2.62. The van der Waals surface area contributed by atoms with E-state index in [-0.39, 0.29) is 11.6 Å². The molecular weight excluding hydrogens is 256 g/mol. The number of rotatable bonds is 1. The highest BCUT2D eigenvalue weighted by atomic mass is 16.6. The van der Waals surface area contributed by atoms with Crippen molar-refractivity contribution >= 4 is 11.9 Å². The SMILES string of the molecule is COC(=O)C1CCC2(OC1=O)C1CC3CC(C1)CC2C3. The Bertz CT molecular complexity index is 427. The van der Waals surface area contributed by atoms with E-state index >= 15 is 0 Å². The lowest BCUT2D eigenvalue weighted by molar-refractivity contribution is -0.228. The number of hydrogen-bond donors (Lipinski definition) is 0. The largest absolute Gasteiger partial charge is 0.468 e. The zero-order valence-electron chi connectivity index (χ0n) is 12.0. The fraction of sp³-hybridized carbons (Fsp3) is 0.875. The minimum absolute atomic E-state index is 0.241. The summed E-state index contributed by atoms with van der Waals surface area (Å²) in [4.78, 5) is 23.9. The van der Waals surface area contributed by atoms with Crippen LogP contribution < -0.4 is 0 Å². The molecule has 110 valence electrons. The van der Waals surface area contributed by atoms with Gasteiger partial charge in [-0.1, -0.05) is 0 Å². The summed E-state index contributed by atoms with van der Waals surface area (Å²) in [6.45, 7) is 0. The Morgan fingerprint density at radius 3 is 2.25 bits per heavy atom. The lowest BCUT2D eigenvalue weighted by atomic mass is 9.48. The highest BCUT2D eigenvalue weighted by Gasteiger charge is 2.61. The molecule has 4 aliphatic carbocycles. The van der Waals surface area contributed by atoms with Gasteiger partial charge in [-0.3, -0.25) is 9.59 Å². The standard InChI is InChI=1S/C16H22O4/c1-19-14(17)13-2-3-16(20-15(13)18)11-5-9-4-10(7-11)8-12(16)6-9/h9-13H,2-8H2,1H3. The molecule has 1 heterocycles. The van der Waals surface area contributed by atoms with Crippen molar-refractivity contribution in [1.82, 2.24) is 0 Å². The molecule has 0 aromatic rings. The number of carbonyl (C=O) groups excluding carboxylic acids is 2. The van der Waals surface area contributed by atoms with Gasteiger partial charge >= 0.3 is 11.9 Å². The smallest absolute Gasteiger partial charge is 0.320 e. The number of methoxy groups -OCH3 is 1. The number of hydrogen-bond acceptors (Lipinski definition) is 4. The molecule has 1 aliphatic heterocycles. The van der Waals surface area contributed by atoms with E-state index in [0.717, 1.165) is 18.3 Å². The molecule has 4 bridgehead atoms. The predicted octanol–water partition coefficient (Wildman–Crippen LogP) is 2.31. The van der Waals surface area contributed by atoms with Crippen LogP contribution in [0.5, 0.6) is 0 Å². The van der Waals surface area contributed by atoms with Gasteiger partial charge in [-0.2, -0.15) is 0 Å². The minimum Gasteiger partial charge on any atom is -0.468 e. The van der Waals surface area contributed by atoms with E-state index in [9.17, 15) is 9.59 Å². The van der Waals surface area contributed by atoms with Gasteiger partial charge in [0.05, 0.1) is 7.11 Å². The maximum absolute atomic E-state index is 12.3. The summed E-state index contributed by atoms with van der Waals surface area (Å²) >= 11 is 0. The average Bonchev–Trinajstić information content (AvgIpc) is 2.43. The van der Waals surface area contributed by atoms with Gasteiger partial charge < -0.3 is 9.47 Å². The highest BCUT2D eigenvalue weighted by Crippen LogP contribution is 2.62. The van der Waals surface area contributed by atoms with Gasteiger partial charge in [-0.15, -0.1) is 0 Å². The Labute approximate surface area is 119 Å². The third kappa shape index (κ3) is 1.60. The van der Waals surface area contributed by atoms with E-state index in [1.165, 1.54) is 39.2 Å². The molecule has 1 spiro atoms. The van der Waals surface area contributed by atoms with E-state index in [1.54, 1.807) is 0 Å². The van der Waals surface area contributed by atoms with Crippen LogP contribution in [0.15, 0.2) is 0 Å². The molecule has 20 heavy (non-hydrogen) atoms. The van der Waals surface area contributed by atoms with Crippen LogP contribution in [0.2, 0.25) is 0 Å². The molecule has 5 aliphatic rings. The van der Waals surface area contributed by atoms with Gasteiger partial charge in [-0.25, -0.2) is 0 Å². The van der Waals surface area contributed by atoms with E-state index in [0.29, 0.717) is 18.3 Å². The molecule has 4 nitrogen and oxygen atoms in total. The van der Waals surface area contributed by atoms with E-state index < -0.39 is 11.9 Å². The summed E-state index contributed by atoms with van der Waals surface area (Å²) in [5.74, 6) is 1.34. The molecule has 5 fully saturated rings. The molecule has 1 saturated heterocycles. The van der Waals surface area contributed by atoms with Crippen molar-refractivity contribution in [3.05, 3.63) is 0 Å². The fourth-order valence-electron chi connectivity index (χ4n) is 5.71. The predicted molar refractivity (Wildman–Crippen MR) is 70.6 cm³/mol. The molecule has 1 atom stereocenters. The third-order valence-corrected chi connectivity index (χ3v) is 6.40. The molecule has 1 unspecified atom stereocenters. The van der Waals surface area contributed by atoms with Crippen molar-refractivity contribution < 1.29 is 19.1 Å². The van der Waals surface area contributed by atoms with E-state index in [4.69, 9.17) is 9.47 Å². The van der Waals surface area contributed by atoms with Crippen molar-refractivity contribution in [2.75, 3.05) is 7.11 Å². The summed E-state index contributed by atoms with van der Waals surface area (Å²) in [6, 6.07) is 0. The zero-order chi connectivity index (χ0) is 13.9.